The van der Waals surface area contributed by atoms with Crippen molar-refractivity contribution in [3.05, 3.63) is 28.2 Å². The van der Waals surface area contributed by atoms with E-state index >= 15 is 0 Å². The molecule has 0 amide bonds. The SMILES string of the molecule is CCCCNCCOc1c(Cl)cccc1Cl.O=C(O)C(=O)O. The second kappa shape index (κ2) is 12.1. The maximum atomic E-state index is 9.10. The minimum atomic E-state index is -1.82. The van der Waals surface area contributed by atoms with E-state index in [2.05, 4.69) is 12.2 Å². The van der Waals surface area contributed by atoms with Crippen molar-refractivity contribution in [1.29, 1.82) is 0 Å². The van der Waals surface area contributed by atoms with Crippen LogP contribution in [0, 0.1) is 0 Å². The van der Waals surface area contributed by atoms with E-state index in [1.165, 1.54) is 12.8 Å². The van der Waals surface area contributed by atoms with Crippen molar-refractivity contribution in [3.63, 3.8) is 0 Å². The van der Waals surface area contributed by atoms with Crippen molar-refractivity contribution < 1.29 is 24.5 Å². The maximum Gasteiger partial charge on any atom is 0.414 e. The van der Waals surface area contributed by atoms with Gasteiger partial charge in [0, 0.05) is 6.54 Å². The van der Waals surface area contributed by atoms with Gasteiger partial charge in [-0.3, -0.25) is 0 Å². The third-order valence-corrected chi connectivity index (χ3v) is 2.93. The monoisotopic (exact) mass is 351 g/mol. The molecule has 0 aliphatic heterocycles. The van der Waals surface area contributed by atoms with Gasteiger partial charge in [-0.1, -0.05) is 42.6 Å². The summed E-state index contributed by atoms with van der Waals surface area (Å²) >= 11 is 11.9. The fourth-order valence-corrected chi connectivity index (χ4v) is 1.78. The minimum Gasteiger partial charge on any atom is -0.489 e. The fraction of sp³-hybridized carbons (Fsp3) is 0.429. The molecule has 0 spiro atoms. The first-order valence-corrected chi connectivity index (χ1v) is 7.39. The molecule has 0 radical (unpaired) electrons. The highest BCUT2D eigenvalue weighted by Gasteiger charge is 2.05. The smallest absolute Gasteiger partial charge is 0.414 e. The molecule has 0 aromatic heterocycles. The summed E-state index contributed by atoms with van der Waals surface area (Å²) in [6, 6.07) is 5.34. The van der Waals surface area contributed by atoms with Gasteiger partial charge in [0.2, 0.25) is 0 Å². The lowest BCUT2D eigenvalue weighted by molar-refractivity contribution is -0.159. The predicted molar refractivity (Wildman–Crippen MR) is 85.0 cm³/mol. The van der Waals surface area contributed by atoms with E-state index in [0.29, 0.717) is 22.4 Å². The van der Waals surface area contributed by atoms with Crippen molar-refractivity contribution >= 4 is 35.1 Å². The van der Waals surface area contributed by atoms with Crippen LogP contribution >= 0.6 is 23.2 Å². The normalized spacial score (nSPS) is 9.59. The van der Waals surface area contributed by atoms with Gasteiger partial charge >= 0.3 is 11.9 Å². The van der Waals surface area contributed by atoms with Crippen molar-refractivity contribution in [3.8, 4) is 5.75 Å². The fourth-order valence-electron chi connectivity index (χ4n) is 1.27. The molecule has 0 saturated heterocycles. The maximum absolute atomic E-state index is 9.10. The molecule has 0 atom stereocenters. The van der Waals surface area contributed by atoms with Gasteiger partial charge in [-0.05, 0) is 25.1 Å². The van der Waals surface area contributed by atoms with Gasteiger partial charge in [0.15, 0.2) is 5.75 Å². The number of unbranched alkanes of at least 4 members (excludes halogenated alkanes) is 1. The van der Waals surface area contributed by atoms with Crippen LogP contribution in [0.3, 0.4) is 0 Å². The number of para-hydroxylation sites is 1. The van der Waals surface area contributed by atoms with Crippen LogP contribution in [0.2, 0.25) is 10.0 Å². The molecule has 124 valence electrons. The molecule has 22 heavy (non-hydrogen) atoms. The molecular formula is C14H19Cl2NO5. The van der Waals surface area contributed by atoms with E-state index in [4.69, 9.17) is 47.7 Å². The van der Waals surface area contributed by atoms with Crippen LogP contribution < -0.4 is 10.1 Å². The predicted octanol–water partition coefficient (Wildman–Crippen LogP) is 2.92. The Morgan fingerprint density at radius 2 is 1.68 bits per heavy atom. The Morgan fingerprint density at radius 3 is 2.14 bits per heavy atom. The number of carbonyl (C=O) groups is 2. The number of rotatable bonds is 7. The Hall–Kier alpha value is -1.50. The Morgan fingerprint density at radius 1 is 1.14 bits per heavy atom. The first-order valence-electron chi connectivity index (χ1n) is 6.63. The molecule has 3 N–H and O–H groups in total. The summed E-state index contributed by atoms with van der Waals surface area (Å²) in [7, 11) is 0. The van der Waals surface area contributed by atoms with Gasteiger partial charge in [0.1, 0.15) is 6.61 Å². The third-order valence-electron chi connectivity index (χ3n) is 2.33. The number of halogens is 2. The summed E-state index contributed by atoms with van der Waals surface area (Å²) in [5.41, 5.74) is 0. The highest BCUT2D eigenvalue weighted by molar-refractivity contribution is 6.37. The van der Waals surface area contributed by atoms with Crippen LogP contribution in [-0.2, 0) is 9.59 Å². The Balaban J connectivity index is 0.000000626. The second-order valence-electron chi connectivity index (χ2n) is 4.11. The van der Waals surface area contributed by atoms with Crippen LogP contribution in [0.5, 0.6) is 5.75 Å². The average molecular weight is 352 g/mol. The zero-order valence-electron chi connectivity index (χ0n) is 12.1. The van der Waals surface area contributed by atoms with Gasteiger partial charge in [-0.2, -0.15) is 0 Å². The van der Waals surface area contributed by atoms with Crippen molar-refractivity contribution in [1.82, 2.24) is 5.32 Å². The molecular weight excluding hydrogens is 333 g/mol. The largest absolute Gasteiger partial charge is 0.489 e. The van der Waals surface area contributed by atoms with E-state index < -0.39 is 11.9 Å². The number of hydrogen-bond acceptors (Lipinski definition) is 4. The number of carboxylic acid groups (broad SMARTS) is 2. The van der Waals surface area contributed by atoms with Gasteiger partial charge in [0.25, 0.3) is 0 Å². The van der Waals surface area contributed by atoms with Crippen molar-refractivity contribution in [2.75, 3.05) is 19.7 Å². The minimum absolute atomic E-state index is 0.557. The highest BCUT2D eigenvalue weighted by Crippen LogP contribution is 2.32. The summed E-state index contributed by atoms with van der Waals surface area (Å²) in [4.78, 5) is 18.2. The van der Waals surface area contributed by atoms with Crippen LogP contribution in [0.1, 0.15) is 19.8 Å². The highest BCUT2D eigenvalue weighted by atomic mass is 35.5. The van der Waals surface area contributed by atoms with Gasteiger partial charge < -0.3 is 20.3 Å². The number of hydrogen-bond donors (Lipinski definition) is 3. The molecule has 0 aliphatic rings. The lowest BCUT2D eigenvalue weighted by atomic mass is 10.3. The van der Waals surface area contributed by atoms with Crippen LogP contribution in [0.15, 0.2) is 18.2 Å². The Bertz CT molecular complexity index is 450. The lowest BCUT2D eigenvalue weighted by Crippen LogP contribution is -2.22. The van der Waals surface area contributed by atoms with Crippen molar-refractivity contribution in [2.24, 2.45) is 0 Å². The molecule has 6 nitrogen and oxygen atoms in total. The summed E-state index contributed by atoms with van der Waals surface area (Å²) in [6.45, 7) is 4.58. The molecule has 0 unspecified atom stereocenters. The summed E-state index contributed by atoms with van der Waals surface area (Å²) in [6.07, 6.45) is 2.39. The first kappa shape index (κ1) is 20.5. The number of nitrogens with one attached hydrogen (secondary N) is 1. The van der Waals surface area contributed by atoms with Crippen LogP contribution in [0.25, 0.3) is 0 Å². The molecule has 1 aromatic rings. The van der Waals surface area contributed by atoms with Crippen LogP contribution in [-0.4, -0.2) is 41.8 Å². The van der Waals surface area contributed by atoms with Gasteiger partial charge in [0.05, 0.1) is 10.0 Å². The first-order chi connectivity index (χ1) is 10.4. The molecule has 0 aliphatic carbocycles. The standard InChI is InChI=1S/C12H17Cl2NO.C2H2O4/c1-2-3-7-15-8-9-16-12-10(13)5-4-6-11(12)14;3-1(4)2(5)6/h4-6,15H,2-3,7-9H2,1H3;(H,3,4)(H,5,6). The van der Waals surface area contributed by atoms with Crippen molar-refractivity contribution in [2.45, 2.75) is 19.8 Å². The van der Waals surface area contributed by atoms with E-state index in [1.54, 1.807) is 18.2 Å². The average Bonchev–Trinajstić information content (AvgIpc) is 2.46. The molecule has 8 heteroatoms. The van der Waals surface area contributed by atoms with Gasteiger partial charge in [-0.25, -0.2) is 9.59 Å². The zero-order chi connectivity index (χ0) is 17.0. The zero-order valence-corrected chi connectivity index (χ0v) is 13.7. The number of aliphatic carboxylic acids is 2. The van der Waals surface area contributed by atoms with E-state index in [1.807, 2.05) is 0 Å². The van der Waals surface area contributed by atoms with Gasteiger partial charge in [-0.15, -0.1) is 0 Å². The molecule has 1 rings (SSSR count). The number of carboxylic acids is 2. The summed E-state index contributed by atoms with van der Waals surface area (Å²) in [5, 5.41) is 19.2. The Kier molecular flexibility index (Phi) is 11.3. The number of ether oxygens (including phenoxy) is 1. The molecule has 0 bridgehead atoms. The van der Waals surface area contributed by atoms with Crippen LogP contribution in [0.4, 0.5) is 0 Å². The third kappa shape index (κ3) is 9.44. The van der Waals surface area contributed by atoms with E-state index in [-0.39, 0.29) is 0 Å². The topological polar surface area (TPSA) is 95.9 Å². The van der Waals surface area contributed by atoms with E-state index in [0.717, 1.165) is 13.1 Å². The lowest BCUT2D eigenvalue weighted by Gasteiger charge is -2.10. The molecule has 0 fully saturated rings. The molecule has 0 heterocycles. The number of benzene rings is 1. The Labute approximate surface area is 139 Å². The molecule has 1 aromatic carbocycles. The van der Waals surface area contributed by atoms with E-state index in [9.17, 15) is 0 Å². The quantitative estimate of drug-likeness (QED) is 0.516. The molecule has 0 saturated carbocycles. The summed E-state index contributed by atoms with van der Waals surface area (Å²) in [5.74, 6) is -3.08. The second-order valence-corrected chi connectivity index (χ2v) is 4.93. The summed E-state index contributed by atoms with van der Waals surface area (Å²) < 4.78 is 5.52.